The number of aromatic nitrogens is 2. The maximum Gasteiger partial charge on any atom is 0.322 e. The molecular weight excluding hydrogens is 488 g/mol. The molecule has 1 N–H and O–H groups in total. The Bertz CT molecular complexity index is 1490. The molecule has 0 spiro atoms. The van der Waals surface area contributed by atoms with Gasteiger partial charge in [-0.05, 0) is 67.1 Å². The van der Waals surface area contributed by atoms with E-state index in [9.17, 15) is 9.59 Å². The van der Waals surface area contributed by atoms with E-state index < -0.39 is 0 Å². The lowest BCUT2D eigenvalue weighted by Crippen LogP contribution is -2.46. The zero-order chi connectivity index (χ0) is 25.9. The third kappa shape index (κ3) is 4.90. The van der Waals surface area contributed by atoms with Crippen LogP contribution in [-0.4, -0.2) is 39.2 Å². The number of fused-ring (bicyclic) bond motifs is 1. The number of carbonyl (C=O) groups excluding carboxylic acids is 2. The monoisotopic (exact) mass is 510 g/mol. The highest BCUT2D eigenvalue weighted by Gasteiger charge is 2.32. The van der Waals surface area contributed by atoms with Crippen molar-refractivity contribution in [2.45, 2.75) is 19.5 Å². The molecule has 0 fully saturated rings. The molecule has 8 nitrogen and oxygen atoms in total. The molecule has 1 aliphatic heterocycles. The molecule has 4 aromatic rings. The summed E-state index contributed by atoms with van der Waals surface area (Å²) in [7, 11) is 0. The summed E-state index contributed by atoms with van der Waals surface area (Å²) in [4.78, 5) is 30.4. The van der Waals surface area contributed by atoms with Crippen LogP contribution in [0.3, 0.4) is 0 Å². The highest BCUT2D eigenvalue weighted by molar-refractivity contribution is 6.34. The lowest BCUT2D eigenvalue weighted by molar-refractivity contribution is 0.0980. The van der Waals surface area contributed by atoms with E-state index in [4.69, 9.17) is 16.9 Å². The first-order chi connectivity index (χ1) is 17.9. The van der Waals surface area contributed by atoms with E-state index in [2.05, 4.69) is 16.5 Å². The van der Waals surface area contributed by atoms with Crippen LogP contribution in [0.4, 0.5) is 16.2 Å². The highest BCUT2D eigenvalue weighted by atomic mass is 35.5. The van der Waals surface area contributed by atoms with Gasteiger partial charge < -0.3 is 15.1 Å². The number of rotatable bonds is 3. The van der Waals surface area contributed by atoms with Crippen molar-refractivity contribution >= 4 is 34.9 Å². The van der Waals surface area contributed by atoms with E-state index in [0.29, 0.717) is 28.4 Å². The highest BCUT2D eigenvalue weighted by Crippen LogP contribution is 2.31. The normalized spacial score (nSPS) is 14.9. The van der Waals surface area contributed by atoms with Crippen molar-refractivity contribution in [1.29, 1.82) is 5.26 Å². The van der Waals surface area contributed by atoms with Crippen LogP contribution in [-0.2, 0) is 6.54 Å². The Morgan fingerprint density at radius 3 is 2.57 bits per heavy atom. The lowest BCUT2D eigenvalue weighted by atomic mass is 10.1. The van der Waals surface area contributed by atoms with Crippen LogP contribution in [0.2, 0.25) is 5.02 Å². The molecule has 0 aliphatic carbocycles. The fourth-order valence-electron chi connectivity index (χ4n) is 4.38. The first kappa shape index (κ1) is 24.1. The Morgan fingerprint density at radius 2 is 1.86 bits per heavy atom. The number of nitrogens with zero attached hydrogens (tertiary/aromatic N) is 5. The number of carbonyl (C=O) groups is 2. The standard InChI is InChI=1S/C28H23ClN6O2/c1-19-17-34(27(36)24-12-11-23(15-25(24)29)35-14-4-13-31-35)26-6-3-2-5-21(26)18-33(19)28(37)32-22-9-7-20(16-30)8-10-22/h2-15,19H,17-18H2,1H3,(H,32,37)/t19-/m1/s1. The summed E-state index contributed by atoms with van der Waals surface area (Å²) in [5.74, 6) is -0.245. The zero-order valence-corrected chi connectivity index (χ0v) is 20.8. The number of anilines is 2. The van der Waals surface area contributed by atoms with Crippen LogP contribution in [0.25, 0.3) is 5.69 Å². The maximum absolute atomic E-state index is 13.8. The number of halogens is 1. The van der Waals surface area contributed by atoms with Gasteiger partial charge in [0.2, 0.25) is 0 Å². The van der Waals surface area contributed by atoms with Crippen molar-refractivity contribution in [3.63, 3.8) is 0 Å². The molecule has 0 unspecified atom stereocenters. The van der Waals surface area contributed by atoms with E-state index in [-0.39, 0.29) is 24.5 Å². The van der Waals surface area contributed by atoms with Crippen LogP contribution >= 0.6 is 11.6 Å². The Kier molecular flexibility index (Phi) is 6.62. The average Bonchev–Trinajstić information content (AvgIpc) is 3.41. The van der Waals surface area contributed by atoms with E-state index >= 15 is 0 Å². The Morgan fingerprint density at radius 1 is 1.08 bits per heavy atom. The molecule has 0 saturated heterocycles. The molecule has 184 valence electrons. The summed E-state index contributed by atoms with van der Waals surface area (Å²) >= 11 is 6.57. The number of hydrogen-bond acceptors (Lipinski definition) is 4. The van der Waals surface area contributed by atoms with Gasteiger partial charge in [-0.15, -0.1) is 0 Å². The van der Waals surface area contributed by atoms with Gasteiger partial charge in [0.05, 0.1) is 27.9 Å². The quantitative estimate of drug-likeness (QED) is 0.395. The molecule has 1 aliphatic rings. The second kappa shape index (κ2) is 10.2. The smallest absolute Gasteiger partial charge is 0.316 e. The van der Waals surface area contributed by atoms with E-state index in [1.165, 1.54) is 0 Å². The van der Waals surface area contributed by atoms with Crippen molar-refractivity contribution in [1.82, 2.24) is 14.7 Å². The van der Waals surface area contributed by atoms with Crippen molar-refractivity contribution in [2.75, 3.05) is 16.8 Å². The van der Waals surface area contributed by atoms with Gasteiger partial charge in [0.25, 0.3) is 5.91 Å². The summed E-state index contributed by atoms with van der Waals surface area (Å²) < 4.78 is 1.67. The topological polar surface area (TPSA) is 94.3 Å². The minimum absolute atomic E-state index is 0.245. The van der Waals surface area contributed by atoms with Crippen LogP contribution in [0.1, 0.15) is 28.4 Å². The molecule has 0 saturated carbocycles. The Labute approximate surface area is 219 Å². The number of nitriles is 1. The van der Waals surface area contributed by atoms with Gasteiger partial charge >= 0.3 is 6.03 Å². The summed E-state index contributed by atoms with van der Waals surface area (Å²) in [6.45, 7) is 2.52. The molecule has 5 rings (SSSR count). The molecule has 9 heteroatoms. The SMILES string of the molecule is C[C@@H]1CN(C(=O)c2ccc(-n3cccn3)cc2Cl)c2ccccc2CN1C(=O)Nc1ccc(C#N)cc1. The van der Waals surface area contributed by atoms with Gasteiger partial charge in [-0.25, -0.2) is 9.48 Å². The Balaban J connectivity index is 1.42. The fraction of sp³-hybridized carbons (Fsp3) is 0.143. The number of benzene rings is 3. The third-order valence-corrected chi connectivity index (χ3v) is 6.64. The Hall–Kier alpha value is -4.61. The predicted octanol–water partition coefficient (Wildman–Crippen LogP) is 5.48. The molecular formula is C28H23ClN6O2. The van der Waals surface area contributed by atoms with Gasteiger partial charge in [0.15, 0.2) is 0 Å². The first-order valence-corrected chi connectivity index (χ1v) is 12.1. The largest absolute Gasteiger partial charge is 0.322 e. The first-order valence-electron chi connectivity index (χ1n) is 11.7. The molecule has 1 aromatic heterocycles. The van der Waals surface area contributed by atoms with Gasteiger partial charge in [0, 0.05) is 42.9 Å². The molecule has 2 heterocycles. The summed E-state index contributed by atoms with van der Waals surface area (Å²) in [6, 6.07) is 22.8. The molecule has 37 heavy (non-hydrogen) atoms. The van der Waals surface area contributed by atoms with E-state index in [1.54, 1.807) is 69.3 Å². The average molecular weight is 511 g/mol. The molecule has 3 aromatic carbocycles. The molecule has 1 atom stereocenters. The van der Waals surface area contributed by atoms with Gasteiger partial charge in [-0.2, -0.15) is 10.4 Å². The van der Waals surface area contributed by atoms with E-state index in [1.807, 2.05) is 37.3 Å². The fourth-order valence-corrected chi connectivity index (χ4v) is 4.64. The molecule has 0 bridgehead atoms. The zero-order valence-electron chi connectivity index (χ0n) is 20.0. The predicted molar refractivity (Wildman–Crippen MR) is 142 cm³/mol. The van der Waals surface area contributed by atoms with Gasteiger partial charge in [0.1, 0.15) is 0 Å². The second-order valence-corrected chi connectivity index (χ2v) is 9.16. The lowest BCUT2D eigenvalue weighted by Gasteiger charge is -2.29. The van der Waals surface area contributed by atoms with Crippen molar-refractivity contribution < 1.29 is 9.59 Å². The van der Waals surface area contributed by atoms with Crippen LogP contribution in [0, 0.1) is 11.3 Å². The number of amides is 3. The second-order valence-electron chi connectivity index (χ2n) is 8.76. The third-order valence-electron chi connectivity index (χ3n) is 6.33. The number of urea groups is 1. The van der Waals surface area contributed by atoms with Gasteiger partial charge in [-0.3, -0.25) is 4.79 Å². The van der Waals surface area contributed by atoms with Crippen LogP contribution < -0.4 is 10.2 Å². The van der Waals surface area contributed by atoms with Crippen molar-refractivity contribution in [3.05, 3.63) is 107 Å². The van der Waals surface area contributed by atoms with Crippen LogP contribution in [0.5, 0.6) is 0 Å². The molecule has 0 radical (unpaired) electrons. The minimum Gasteiger partial charge on any atom is -0.316 e. The maximum atomic E-state index is 13.8. The van der Waals surface area contributed by atoms with Gasteiger partial charge in [-0.1, -0.05) is 29.8 Å². The van der Waals surface area contributed by atoms with Crippen molar-refractivity contribution in [3.8, 4) is 11.8 Å². The summed E-state index contributed by atoms with van der Waals surface area (Å²) in [5, 5.41) is 16.4. The number of para-hydroxylation sites is 1. The van der Waals surface area contributed by atoms with Crippen molar-refractivity contribution in [2.24, 2.45) is 0 Å². The number of nitrogens with one attached hydrogen (secondary N) is 1. The number of hydrogen-bond donors (Lipinski definition) is 1. The summed E-state index contributed by atoms with van der Waals surface area (Å²) in [6.07, 6.45) is 3.48. The van der Waals surface area contributed by atoms with Crippen LogP contribution in [0.15, 0.2) is 85.2 Å². The molecule has 3 amide bonds. The minimum atomic E-state index is -0.295. The van der Waals surface area contributed by atoms with E-state index in [0.717, 1.165) is 16.9 Å². The summed E-state index contributed by atoms with van der Waals surface area (Å²) in [5.41, 5.74) is 3.81.